The largest absolute Gasteiger partial charge is 0.467 e. The molecule has 2 aromatic rings. The molecule has 5 heteroatoms. The fourth-order valence-electron chi connectivity index (χ4n) is 1.60. The van der Waals surface area contributed by atoms with Gasteiger partial charge in [-0.2, -0.15) is 0 Å². The monoisotopic (exact) mass is 206 g/mol. The number of hydrogen-bond acceptors (Lipinski definition) is 4. The van der Waals surface area contributed by atoms with Crippen LogP contribution in [-0.2, 0) is 7.05 Å². The van der Waals surface area contributed by atoms with Crippen LogP contribution in [0.2, 0.25) is 0 Å². The minimum absolute atomic E-state index is 0.208. The molecule has 3 N–H and O–H groups in total. The quantitative estimate of drug-likeness (QED) is 0.577. The van der Waals surface area contributed by atoms with Crippen molar-refractivity contribution >= 4 is 0 Å². The Morgan fingerprint density at radius 1 is 1.60 bits per heavy atom. The van der Waals surface area contributed by atoms with Crippen LogP contribution in [0.15, 0.2) is 29.1 Å². The van der Waals surface area contributed by atoms with Crippen LogP contribution in [0.4, 0.5) is 0 Å². The van der Waals surface area contributed by atoms with E-state index in [2.05, 4.69) is 10.4 Å². The molecule has 80 valence electrons. The van der Waals surface area contributed by atoms with E-state index in [1.807, 2.05) is 30.8 Å². The van der Waals surface area contributed by atoms with Gasteiger partial charge in [0.25, 0.3) is 0 Å². The molecular weight excluding hydrogens is 192 g/mol. The Morgan fingerprint density at radius 2 is 2.40 bits per heavy atom. The van der Waals surface area contributed by atoms with Crippen molar-refractivity contribution in [2.24, 2.45) is 12.9 Å². The lowest BCUT2D eigenvalue weighted by Gasteiger charge is -2.14. The summed E-state index contributed by atoms with van der Waals surface area (Å²) in [4.78, 5) is 4.24. The van der Waals surface area contributed by atoms with Gasteiger partial charge >= 0.3 is 0 Å². The first-order valence-corrected chi connectivity index (χ1v) is 4.71. The Kier molecular flexibility index (Phi) is 2.57. The molecule has 1 atom stereocenters. The van der Waals surface area contributed by atoms with Crippen LogP contribution >= 0.6 is 0 Å². The summed E-state index contributed by atoms with van der Waals surface area (Å²) in [5, 5.41) is 0. The van der Waals surface area contributed by atoms with Crippen LogP contribution < -0.4 is 11.3 Å². The van der Waals surface area contributed by atoms with E-state index in [0.29, 0.717) is 0 Å². The van der Waals surface area contributed by atoms with E-state index in [-0.39, 0.29) is 6.04 Å². The van der Waals surface area contributed by atoms with Gasteiger partial charge in [-0.05, 0) is 18.6 Å². The molecule has 0 fully saturated rings. The van der Waals surface area contributed by atoms with E-state index >= 15 is 0 Å². The molecule has 2 rings (SSSR count). The number of aromatic nitrogens is 2. The van der Waals surface area contributed by atoms with E-state index < -0.39 is 0 Å². The zero-order valence-electron chi connectivity index (χ0n) is 8.77. The van der Waals surface area contributed by atoms with Crippen LogP contribution in [0.5, 0.6) is 0 Å². The number of nitrogens with zero attached hydrogens (tertiary/aromatic N) is 2. The lowest BCUT2D eigenvalue weighted by atomic mass is 10.1. The van der Waals surface area contributed by atoms with Crippen LogP contribution in [0, 0.1) is 6.92 Å². The Hall–Kier alpha value is -1.59. The molecule has 2 heterocycles. The standard InChI is InChI=1S/C10H14N4O/c1-7-3-6-15-9(7)8(13-11)10-12-4-5-14(10)2/h3-6,8,13H,11H2,1-2H3. The summed E-state index contributed by atoms with van der Waals surface area (Å²) in [5.41, 5.74) is 3.77. The zero-order chi connectivity index (χ0) is 10.8. The Bertz CT molecular complexity index is 405. The number of imidazole rings is 1. The lowest BCUT2D eigenvalue weighted by molar-refractivity contribution is 0.433. The molecule has 0 aliphatic heterocycles. The highest BCUT2D eigenvalue weighted by molar-refractivity contribution is 5.23. The highest BCUT2D eigenvalue weighted by Gasteiger charge is 2.21. The first-order valence-electron chi connectivity index (χ1n) is 4.71. The van der Waals surface area contributed by atoms with Crippen LogP contribution in [-0.4, -0.2) is 9.55 Å². The second-order valence-electron chi connectivity index (χ2n) is 3.46. The molecule has 0 saturated carbocycles. The maximum absolute atomic E-state index is 5.53. The van der Waals surface area contributed by atoms with Crippen molar-refractivity contribution in [2.45, 2.75) is 13.0 Å². The third-order valence-electron chi connectivity index (χ3n) is 2.45. The Morgan fingerprint density at radius 3 is 2.87 bits per heavy atom. The fraction of sp³-hybridized carbons (Fsp3) is 0.300. The number of furan rings is 1. The molecule has 2 aromatic heterocycles. The van der Waals surface area contributed by atoms with Crippen molar-refractivity contribution in [1.82, 2.24) is 15.0 Å². The second-order valence-corrected chi connectivity index (χ2v) is 3.46. The van der Waals surface area contributed by atoms with Gasteiger partial charge in [-0.25, -0.2) is 10.4 Å². The van der Waals surface area contributed by atoms with E-state index in [1.54, 1.807) is 12.5 Å². The summed E-state index contributed by atoms with van der Waals surface area (Å²) in [6.45, 7) is 1.98. The number of nitrogens with one attached hydrogen (secondary N) is 1. The molecule has 15 heavy (non-hydrogen) atoms. The topological polar surface area (TPSA) is 69.0 Å². The normalized spacial score (nSPS) is 13.0. The number of hydrazine groups is 1. The molecule has 0 aliphatic carbocycles. The summed E-state index contributed by atoms with van der Waals surface area (Å²) in [7, 11) is 1.92. The molecule has 0 saturated heterocycles. The van der Waals surface area contributed by atoms with Crippen LogP contribution in [0.1, 0.15) is 23.2 Å². The van der Waals surface area contributed by atoms with Gasteiger partial charge in [0, 0.05) is 19.4 Å². The minimum atomic E-state index is -0.208. The summed E-state index contributed by atoms with van der Waals surface area (Å²) in [6, 6.07) is 1.70. The zero-order valence-corrected chi connectivity index (χ0v) is 8.77. The fourth-order valence-corrected chi connectivity index (χ4v) is 1.60. The van der Waals surface area contributed by atoms with Crippen molar-refractivity contribution in [1.29, 1.82) is 0 Å². The molecule has 0 bridgehead atoms. The molecular formula is C10H14N4O. The van der Waals surface area contributed by atoms with Crippen molar-refractivity contribution in [2.75, 3.05) is 0 Å². The van der Waals surface area contributed by atoms with Gasteiger partial charge < -0.3 is 8.98 Å². The van der Waals surface area contributed by atoms with Crippen molar-refractivity contribution in [3.05, 3.63) is 41.9 Å². The predicted octanol–water partition coefficient (Wildman–Crippen LogP) is 0.874. The summed E-state index contributed by atoms with van der Waals surface area (Å²) >= 11 is 0. The van der Waals surface area contributed by atoms with Crippen LogP contribution in [0.3, 0.4) is 0 Å². The Balaban J connectivity index is 2.41. The summed E-state index contributed by atoms with van der Waals surface area (Å²) < 4.78 is 7.31. The molecule has 0 aliphatic rings. The highest BCUT2D eigenvalue weighted by Crippen LogP contribution is 2.23. The van der Waals surface area contributed by atoms with Crippen LogP contribution in [0.25, 0.3) is 0 Å². The lowest BCUT2D eigenvalue weighted by Crippen LogP contribution is -2.30. The second kappa shape index (κ2) is 3.88. The van der Waals surface area contributed by atoms with Crippen molar-refractivity contribution in [3.8, 4) is 0 Å². The van der Waals surface area contributed by atoms with Gasteiger partial charge in [0.15, 0.2) is 0 Å². The number of aryl methyl sites for hydroxylation is 2. The molecule has 0 spiro atoms. The van der Waals surface area contributed by atoms with E-state index in [0.717, 1.165) is 17.1 Å². The molecule has 1 unspecified atom stereocenters. The van der Waals surface area contributed by atoms with E-state index in [1.165, 1.54) is 0 Å². The first-order chi connectivity index (χ1) is 7.24. The highest BCUT2D eigenvalue weighted by atomic mass is 16.3. The minimum Gasteiger partial charge on any atom is -0.467 e. The number of rotatable bonds is 3. The number of hydrogen-bond donors (Lipinski definition) is 2. The molecule has 0 amide bonds. The average molecular weight is 206 g/mol. The van der Waals surface area contributed by atoms with Gasteiger partial charge in [0.2, 0.25) is 0 Å². The predicted molar refractivity (Wildman–Crippen MR) is 55.8 cm³/mol. The van der Waals surface area contributed by atoms with E-state index in [4.69, 9.17) is 10.3 Å². The molecule has 5 nitrogen and oxygen atoms in total. The summed E-state index contributed by atoms with van der Waals surface area (Å²) in [6.07, 6.45) is 5.26. The SMILES string of the molecule is Cc1ccoc1C(NN)c1nccn1C. The first kappa shape index (κ1) is 9.95. The van der Waals surface area contributed by atoms with Gasteiger partial charge in [-0.15, -0.1) is 0 Å². The maximum atomic E-state index is 5.53. The van der Waals surface area contributed by atoms with Gasteiger partial charge in [0.05, 0.1) is 6.26 Å². The van der Waals surface area contributed by atoms with Crippen molar-refractivity contribution in [3.63, 3.8) is 0 Å². The van der Waals surface area contributed by atoms with Gasteiger partial charge in [-0.1, -0.05) is 0 Å². The van der Waals surface area contributed by atoms with Crippen molar-refractivity contribution < 1.29 is 4.42 Å². The summed E-state index contributed by atoms with van der Waals surface area (Å²) in [5.74, 6) is 7.16. The maximum Gasteiger partial charge on any atom is 0.137 e. The molecule has 0 radical (unpaired) electrons. The molecule has 0 aromatic carbocycles. The van der Waals surface area contributed by atoms with Gasteiger partial charge in [0.1, 0.15) is 17.6 Å². The third kappa shape index (κ3) is 1.67. The Labute approximate surface area is 87.9 Å². The van der Waals surface area contributed by atoms with E-state index in [9.17, 15) is 0 Å². The smallest absolute Gasteiger partial charge is 0.137 e. The number of nitrogens with two attached hydrogens (primary N) is 1. The average Bonchev–Trinajstić information content (AvgIpc) is 2.80. The third-order valence-corrected chi connectivity index (χ3v) is 2.45. The van der Waals surface area contributed by atoms with Gasteiger partial charge in [-0.3, -0.25) is 5.84 Å².